The monoisotopic (exact) mass is 226 g/mol. The lowest BCUT2D eigenvalue weighted by atomic mass is 9.96. The fraction of sp³-hybridized carbons (Fsp3) is 0.692. The first-order valence-corrected chi connectivity index (χ1v) is 6.06. The molecule has 0 aromatic rings. The molecular weight excluding hydrogens is 204 g/mol. The number of carbonyl (C=O) groups excluding carboxylic acids is 2. The topological polar surface area (TPSA) is 43.4 Å². The number of carbonyl (C=O) groups is 2. The van der Waals surface area contributed by atoms with Crippen molar-refractivity contribution in [3.05, 3.63) is 11.1 Å². The van der Waals surface area contributed by atoms with Crippen LogP contribution >= 0.6 is 0 Å². The van der Waals surface area contributed by atoms with Crippen LogP contribution in [0.1, 0.15) is 59.3 Å². The van der Waals surface area contributed by atoms with E-state index in [4.69, 9.17) is 0 Å². The van der Waals surface area contributed by atoms with Crippen molar-refractivity contribution in [1.29, 1.82) is 0 Å². The Morgan fingerprint density at radius 1 is 1.00 bits per heavy atom. The quantitative estimate of drug-likeness (QED) is 0.276. The van der Waals surface area contributed by atoms with E-state index in [1.807, 2.05) is 6.92 Å². The SMILES string of the molecule is CCCC(CCC)=C(CCC)C(=O)OC=O. The minimum atomic E-state index is -0.464. The van der Waals surface area contributed by atoms with Gasteiger partial charge < -0.3 is 4.74 Å². The van der Waals surface area contributed by atoms with Crippen LogP contribution in [0.15, 0.2) is 11.1 Å². The van der Waals surface area contributed by atoms with E-state index in [1.54, 1.807) is 0 Å². The molecule has 0 N–H and O–H groups in total. The fourth-order valence-corrected chi connectivity index (χ4v) is 1.82. The zero-order valence-electron chi connectivity index (χ0n) is 10.5. The molecule has 0 bridgehead atoms. The maximum absolute atomic E-state index is 11.6. The summed E-state index contributed by atoms with van der Waals surface area (Å²) in [6, 6.07) is 0. The van der Waals surface area contributed by atoms with Crippen LogP contribution in [0.3, 0.4) is 0 Å². The number of hydrogen-bond acceptors (Lipinski definition) is 3. The average molecular weight is 226 g/mol. The summed E-state index contributed by atoms with van der Waals surface area (Å²) in [5.41, 5.74) is 1.86. The highest BCUT2D eigenvalue weighted by Crippen LogP contribution is 2.21. The van der Waals surface area contributed by atoms with Crippen LogP contribution < -0.4 is 0 Å². The summed E-state index contributed by atoms with van der Waals surface area (Å²) in [6.07, 6.45) is 5.43. The molecule has 0 aliphatic rings. The molecule has 0 aromatic heterocycles. The van der Waals surface area contributed by atoms with Crippen molar-refractivity contribution in [1.82, 2.24) is 0 Å². The minimum absolute atomic E-state index is 0.216. The molecule has 0 aliphatic heterocycles. The highest BCUT2D eigenvalue weighted by atomic mass is 16.6. The van der Waals surface area contributed by atoms with Gasteiger partial charge in [0.25, 0.3) is 0 Å². The molecule has 0 spiro atoms. The Bertz CT molecular complexity index is 246. The van der Waals surface area contributed by atoms with Gasteiger partial charge in [0, 0.05) is 5.57 Å². The van der Waals surface area contributed by atoms with Crippen molar-refractivity contribution in [2.75, 3.05) is 0 Å². The molecule has 92 valence electrons. The lowest BCUT2D eigenvalue weighted by Crippen LogP contribution is -2.10. The molecule has 0 fully saturated rings. The van der Waals surface area contributed by atoms with E-state index in [-0.39, 0.29) is 6.47 Å². The van der Waals surface area contributed by atoms with Gasteiger partial charge in [-0.1, -0.05) is 45.6 Å². The van der Waals surface area contributed by atoms with Crippen LogP contribution in [0.4, 0.5) is 0 Å². The molecule has 0 heterocycles. The third kappa shape index (κ3) is 5.10. The molecule has 16 heavy (non-hydrogen) atoms. The highest BCUT2D eigenvalue weighted by molar-refractivity contribution is 5.92. The van der Waals surface area contributed by atoms with Gasteiger partial charge in [-0.15, -0.1) is 0 Å². The van der Waals surface area contributed by atoms with Crippen molar-refractivity contribution < 1.29 is 14.3 Å². The van der Waals surface area contributed by atoms with Gasteiger partial charge >= 0.3 is 12.4 Å². The lowest BCUT2D eigenvalue weighted by Gasteiger charge is -2.11. The lowest BCUT2D eigenvalue weighted by molar-refractivity contribution is -0.148. The van der Waals surface area contributed by atoms with Crippen LogP contribution in [-0.2, 0) is 14.3 Å². The molecule has 0 amide bonds. The number of ether oxygens (including phenoxy) is 1. The maximum atomic E-state index is 11.6. The number of allylic oxidation sites excluding steroid dienone is 1. The van der Waals surface area contributed by atoms with Gasteiger partial charge in [-0.05, 0) is 19.3 Å². The third-order valence-corrected chi connectivity index (χ3v) is 2.43. The maximum Gasteiger partial charge on any atom is 0.341 e. The number of esters is 1. The normalized spacial score (nSPS) is 9.69. The van der Waals surface area contributed by atoms with E-state index in [2.05, 4.69) is 18.6 Å². The largest absolute Gasteiger partial charge is 0.392 e. The van der Waals surface area contributed by atoms with Crippen molar-refractivity contribution >= 4 is 12.4 Å². The Morgan fingerprint density at radius 2 is 1.50 bits per heavy atom. The van der Waals surface area contributed by atoms with E-state index >= 15 is 0 Å². The third-order valence-electron chi connectivity index (χ3n) is 2.43. The summed E-state index contributed by atoms with van der Waals surface area (Å²) in [5, 5.41) is 0. The zero-order valence-corrected chi connectivity index (χ0v) is 10.5. The van der Waals surface area contributed by atoms with Crippen molar-refractivity contribution in [2.24, 2.45) is 0 Å². The summed E-state index contributed by atoms with van der Waals surface area (Å²) >= 11 is 0. The van der Waals surface area contributed by atoms with Gasteiger partial charge in [0.2, 0.25) is 0 Å². The van der Waals surface area contributed by atoms with Crippen LogP contribution in [0.25, 0.3) is 0 Å². The van der Waals surface area contributed by atoms with E-state index < -0.39 is 5.97 Å². The Kier molecular flexibility index (Phi) is 8.49. The Morgan fingerprint density at radius 3 is 1.88 bits per heavy atom. The van der Waals surface area contributed by atoms with Gasteiger partial charge in [-0.3, -0.25) is 4.79 Å². The Balaban J connectivity index is 4.94. The smallest absolute Gasteiger partial charge is 0.341 e. The van der Waals surface area contributed by atoms with Crippen molar-refractivity contribution in [2.45, 2.75) is 59.3 Å². The number of hydrogen-bond donors (Lipinski definition) is 0. The van der Waals surface area contributed by atoms with Crippen LogP contribution in [0, 0.1) is 0 Å². The fourth-order valence-electron chi connectivity index (χ4n) is 1.82. The Hall–Kier alpha value is -1.12. The Labute approximate surface area is 97.9 Å². The minimum Gasteiger partial charge on any atom is -0.392 e. The van der Waals surface area contributed by atoms with Crippen LogP contribution in [0.5, 0.6) is 0 Å². The second kappa shape index (κ2) is 9.13. The van der Waals surface area contributed by atoms with E-state index in [1.165, 1.54) is 0 Å². The average Bonchev–Trinajstić information content (AvgIpc) is 2.26. The number of rotatable bonds is 8. The molecule has 0 rings (SSSR count). The predicted octanol–water partition coefficient (Wildman–Crippen LogP) is 3.38. The van der Waals surface area contributed by atoms with Gasteiger partial charge in [0.1, 0.15) is 0 Å². The van der Waals surface area contributed by atoms with Gasteiger partial charge in [0.15, 0.2) is 0 Å². The van der Waals surface area contributed by atoms with Crippen LogP contribution in [0.2, 0.25) is 0 Å². The first-order valence-electron chi connectivity index (χ1n) is 6.06. The molecule has 0 radical (unpaired) electrons. The summed E-state index contributed by atoms with van der Waals surface area (Å²) in [4.78, 5) is 21.8. The predicted molar refractivity (Wildman–Crippen MR) is 63.9 cm³/mol. The molecule has 0 aromatic carbocycles. The molecule has 3 heteroatoms. The second-order valence-electron chi connectivity index (χ2n) is 3.83. The molecule has 0 saturated carbocycles. The van der Waals surface area contributed by atoms with Gasteiger partial charge in [-0.2, -0.15) is 0 Å². The molecule has 0 saturated heterocycles. The molecule has 3 nitrogen and oxygen atoms in total. The zero-order chi connectivity index (χ0) is 12.4. The summed E-state index contributed by atoms with van der Waals surface area (Å²) in [7, 11) is 0. The summed E-state index contributed by atoms with van der Waals surface area (Å²) < 4.78 is 4.45. The molecular formula is C13H22O3. The standard InChI is InChI=1S/C13H22O3/c1-4-7-11(8-5-2)12(9-6-3)13(15)16-10-14/h10H,4-9H2,1-3H3. The molecule has 0 atom stereocenters. The van der Waals surface area contributed by atoms with Crippen molar-refractivity contribution in [3.8, 4) is 0 Å². The van der Waals surface area contributed by atoms with Gasteiger partial charge in [0.05, 0.1) is 0 Å². The highest BCUT2D eigenvalue weighted by Gasteiger charge is 2.15. The van der Waals surface area contributed by atoms with E-state index in [9.17, 15) is 9.59 Å². The van der Waals surface area contributed by atoms with Gasteiger partial charge in [-0.25, -0.2) is 4.79 Å². The first-order chi connectivity index (χ1) is 7.71. The van der Waals surface area contributed by atoms with Crippen LogP contribution in [-0.4, -0.2) is 12.4 Å². The first kappa shape index (κ1) is 14.9. The molecule has 0 unspecified atom stereocenters. The van der Waals surface area contributed by atoms with Crippen molar-refractivity contribution in [3.63, 3.8) is 0 Å². The van der Waals surface area contributed by atoms with E-state index in [0.717, 1.165) is 37.7 Å². The summed E-state index contributed by atoms with van der Waals surface area (Å²) in [5.74, 6) is -0.464. The second-order valence-corrected chi connectivity index (χ2v) is 3.83. The molecule has 0 aliphatic carbocycles. The van der Waals surface area contributed by atoms with E-state index in [0.29, 0.717) is 12.0 Å². The summed E-state index contributed by atoms with van der Waals surface area (Å²) in [6.45, 7) is 6.41.